The molecule has 1 saturated carbocycles. The van der Waals surface area contributed by atoms with E-state index < -0.39 is 0 Å². The molecule has 1 aromatic rings. The number of carbonyl (C=O) groups is 1. The van der Waals surface area contributed by atoms with Gasteiger partial charge in [0.2, 0.25) is 5.91 Å². The van der Waals surface area contributed by atoms with E-state index in [1.54, 1.807) is 12.1 Å². The lowest BCUT2D eigenvalue weighted by Gasteiger charge is -2.35. The van der Waals surface area contributed by atoms with E-state index >= 15 is 0 Å². The third-order valence-corrected chi connectivity index (χ3v) is 5.73. The van der Waals surface area contributed by atoms with Crippen LogP contribution in [0.2, 0.25) is 0 Å². The van der Waals surface area contributed by atoms with E-state index in [0.717, 1.165) is 39.3 Å². The first-order chi connectivity index (χ1) is 13.1. The number of rotatable bonds is 7. The van der Waals surface area contributed by atoms with E-state index in [9.17, 15) is 9.18 Å². The summed E-state index contributed by atoms with van der Waals surface area (Å²) in [4.78, 5) is 16.7. The lowest BCUT2D eigenvalue weighted by molar-refractivity contribution is -0.117. The van der Waals surface area contributed by atoms with Gasteiger partial charge in [-0.25, -0.2) is 4.39 Å². The third-order valence-electron chi connectivity index (χ3n) is 5.73. The molecule has 6 heteroatoms. The largest absolute Gasteiger partial charge is 0.377 e. The summed E-state index contributed by atoms with van der Waals surface area (Å²) in [5.41, 5.74) is 0.633. The Morgan fingerprint density at radius 1 is 1.11 bits per heavy atom. The van der Waals surface area contributed by atoms with Crippen molar-refractivity contribution in [3.8, 4) is 0 Å². The van der Waals surface area contributed by atoms with Gasteiger partial charge < -0.3 is 10.1 Å². The van der Waals surface area contributed by atoms with Crippen molar-refractivity contribution in [1.82, 2.24) is 9.80 Å². The molecule has 1 amide bonds. The summed E-state index contributed by atoms with van der Waals surface area (Å²) in [6.45, 7) is 8.16. The number of amides is 1. The highest BCUT2D eigenvalue weighted by Crippen LogP contribution is 2.26. The molecule has 3 rings (SSSR count). The van der Waals surface area contributed by atoms with Crippen LogP contribution >= 0.6 is 0 Å². The topological polar surface area (TPSA) is 44.8 Å². The molecule has 1 aliphatic carbocycles. The van der Waals surface area contributed by atoms with Crippen LogP contribution in [-0.2, 0) is 9.53 Å². The van der Waals surface area contributed by atoms with Crippen molar-refractivity contribution in [2.45, 2.75) is 38.7 Å². The smallest absolute Gasteiger partial charge is 0.238 e. The summed E-state index contributed by atoms with van der Waals surface area (Å²) in [6, 6.07) is 5.87. The molecule has 27 heavy (non-hydrogen) atoms. The Bertz CT molecular complexity index is 588. The standard InChI is InChI=1S/C21H32FN3O2/c1-17-4-2-3-5-20(17)27-15-14-24-10-12-25(13-11-24)16-21(26)23-19-8-6-18(22)7-9-19/h6-9,17,20H,2-5,10-16H2,1H3,(H,23,26)/t17-,20-/m0/s1. The minimum atomic E-state index is -0.300. The molecule has 150 valence electrons. The summed E-state index contributed by atoms with van der Waals surface area (Å²) in [7, 11) is 0. The number of hydrogen-bond acceptors (Lipinski definition) is 4. The lowest BCUT2D eigenvalue weighted by atomic mass is 9.88. The molecule has 0 aromatic heterocycles. The first-order valence-corrected chi connectivity index (χ1v) is 10.2. The molecule has 2 aliphatic rings. The maximum Gasteiger partial charge on any atom is 0.238 e. The van der Waals surface area contributed by atoms with Gasteiger partial charge in [-0.3, -0.25) is 14.6 Å². The molecule has 0 unspecified atom stereocenters. The first-order valence-electron chi connectivity index (χ1n) is 10.2. The highest BCUT2D eigenvalue weighted by atomic mass is 19.1. The van der Waals surface area contributed by atoms with Gasteiger partial charge in [-0.05, 0) is 43.0 Å². The van der Waals surface area contributed by atoms with Gasteiger partial charge in [-0.2, -0.15) is 0 Å². The SMILES string of the molecule is C[C@H]1CCCC[C@@H]1OCCN1CCN(CC(=O)Nc2ccc(F)cc2)CC1. The highest BCUT2D eigenvalue weighted by Gasteiger charge is 2.23. The Morgan fingerprint density at radius 3 is 2.48 bits per heavy atom. The molecule has 1 saturated heterocycles. The predicted molar refractivity (Wildman–Crippen MR) is 105 cm³/mol. The van der Waals surface area contributed by atoms with Gasteiger partial charge >= 0.3 is 0 Å². The van der Waals surface area contributed by atoms with Crippen LogP contribution in [0.5, 0.6) is 0 Å². The van der Waals surface area contributed by atoms with Crippen molar-refractivity contribution < 1.29 is 13.9 Å². The Hall–Kier alpha value is -1.50. The minimum Gasteiger partial charge on any atom is -0.377 e. The van der Waals surface area contributed by atoms with Crippen LogP contribution < -0.4 is 5.32 Å². The molecule has 1 aliphatic heterocycles. The minimum absolute atomic E-state index is 0.0512. The van der Waals surface area contributed by atoms with Crippen molar-refractivity contribution in [2.24, 2.45) is 5.92 Å². The molecular formula is C21H32FN3O2. The molecule has 5 nitrogen and oxygen atoms in total. The molecule has 0 bridgehead atoms. The fourth-order valence-corrected chi connectivity index (χ4v) is 3.97. The molecule has 0 spiro atoms. The number of carbonyl (C=O) groups excluding carboxylic acids is 1. The van der Waals surface area contributed by atoms with Crippen molar-refractivity contribution in [3.63, 3.8) is 0 Å². The fraction of sp³-hybridized carbons (Fsp3) is 0.667. The lowest BCUT2D eigenvalue weighted by Crippen LogP contribution is -2.49. The van der Waals surface area contributed by atoms with Crippen molar-refractivity contribution in [2.75, 3.05) is 51.2 Å². The maximum absolute atomic E-state index is 12.9. The van der Waals surface area contributed by atoms with Crippen molar-refractivity contribution in [1.29, 1.82) is 0 Å². The van der Waals surface area contributed by atoms with Gasteiger partial charge in [0.15, 0.2) is 0 Å². The number of ether oxygens (including phenoxy) is 1. The van der Waals surface area contributed by atoms with E-state index in [1.807, 2.05) is 0 Å². The molecule has 1 aromatic carbocycles. The van der Waals surface area contributed by atoms with Gasteiger partial charge in [0, 0.05) is 38.4 Å². The van der Waals surface area contributed by atoms with Gasteiger partial charge in [0.1, 0.15) is 5.82 Å². The van der Waals surface area contributed by atoms with E-state index in [-0.39, 0.29) is 11.7 Å². The number of benzene rings is 1. The highest BCUT2D eigenvalue weighted by molar-refractivity contribution is 5.92. The summed E-state index contributed by atoms with van der Waals surface area (Å²) in [5.74, 6) is 0.339. The zero-order valence-corrected chi connectivity index (χ0v) is 16.3. The molecule has 2 atom stereocenters. The van der Waals surface area contributed by atoms with Gasteiger partial charge in [0.25, 0.3) is 0 Å². The second kappa shape index (κ2) is 10.2. The number of hydrogen-bond donors (Lipinski definition) is 1. The normalized spacial score (nSPS) is 24.7. The number of nitrogens with one attached hydrogen (secondary N) is 1. The van der Waals surface area contributed by atoms with E-state index in [4.69, 9.17) is 4.74 Å². The number of halogens is 1. The summed E-state index contributed by atoms with van der Waals surface area (Å²) in [6.07, 6.45) is 5.59. The van der Waals surface area contributed by atoms with Crippen LogP contribution in [-0.4, -0.2) is 67.7 Å². The zero-order valence-electron chi connectivity index (χ0n) is 16.3. The summed E-state index contributed by atoms with van der Waals surface area (Å²) in [5, 5.41) is 2.82. The molecule has 1 heterocycles. The second-order valence-electron chi connectivity index (χ2n) is 7.84. The van der Waals surface area contributed by atoms with Gasteiger partial charge in [0.05, 0.1) is 19.3 Å². The molecule has 1 N–H and O–H groups in total. The van der Waals surface area contributed by atoms with Crippen LogP contribution in [0, 0.1) is 11.7 Å². The Kier molecular flexibility index (Phi) is 7.61. The van der Waals surface area contributed by atoms with Crippen molar-refractivity contribution in [3.05, 3.63) is 30.1 Å². The Balaban J connectivity index is 1.30. The van der Waals surface area contributed by atoms with Crippen LogP contribution in [0.4, 0.5) is 10.1 Å². The zero-order chi connectivity index (χ0) is 19.1. The average molecular weight is 378 g/mol. The first kappa shape index (κ1) is 20.2. The van der Waals surface area contributed by atoms with E-state index in [1.165, 1.54) is 37.8 Å². The van der Waals surface area contributed by atoms with Crippen LogP contribution in [0.1, 0.15) is 32.6 Å². The maximum atomic E-state index is 12.9. The van der Waals surface area contributed by atoms with E-state index in [2.05, 4.69) is 22.0 Å². The Labute approximate surface area is 161 Å². The molecule has 2 fully saturated rings. The van der Waals surface area contributed by atoms with Crippen LogP contribution in [0.25, 0.3) is 0 Å². The Morgan fingerprint density at radius 2 is 1.78 bits per heavy atom. The van der Waals surface area contributed by atoms with Crippen molar-refractivity contribution >= 4 is 11.6 Å². The third kappa shape index (κ3) is 6.55. The molecular weight excluding hydrogens is 345 g/mol. The fourth-order valence-electron chi connectivity index (χ4n) is 3.97. The summed E-state index contributed by atoms with van der Waals surface area (Å²) >= 11 is 0. The van der Waals surface area contributed by atoms with E-state index in [0.29, 0.717) is 24.3 Å². The summed E-state index contributed by atoms with van der Waals surface area (Å²) < 4.78 is 19.0. The average Bonchev–Trinajstić information content (AvgIpc) is 2.66. The number of piperazine rings is 1. The van der Waals surface area contributed by atoms with Crippen LogP contribution in [0.3, 0.4) is 0 Å². The predicted octanol–water partition coefficient (Wildman–Crippen LogP) is 2.98. The van der Waals surface area contributed by atoms with Gasteiger partial charge in [-0.15, -0.1) is 0 Å². The van der Waals surface area contributed by atoms with Crippen LogP contribution in [0.15, 0.2) is 24.3 Å². The number of anilines is 1. The molecule has 0 radical (unpaired) electrons. The quantitative estimate of drug-likeness (QED) is 0.794. The van der Waals surface area contributed by atoms with Gasteiger partial charge in [-0.1, -0.05) is 19.8 Å². The number of nitrogens with zero attached hydrogens (tertiary/aromatic N) is 2. The second-order valence-corrected chi connectivity index (χ2v) is 7.84. The monoisotopic (exact) mass is 377 g/mol.